The van der Waals surface area contributed by atoms with Gasteiger partial charge in [-0.05, 0) is 0 Å². The second-order valence-electron chi connectivity index (χ2n) is 2.74. The SMILES string of the molecule is Cn1cc2c(=O)cc[nH]c2nc1=O. The second kappa shape index (κ2) is 2.55. The number of aromatic amines is 1. The molecule has 0 aliphatic carbocycles. The monoisotopic (exact) mass is 177 g/mol. The van der Waals surface area contributed by atoms with Crippen molar-refractivity contribution in [1.82, 2.24) is 14.5 Å². The van der Waals surface area contributed by atoms with Gasteiger partial charge in [-0.2, -0.15) is 4.98 Å². The summed E-state index contributed by atoms with van der Waals surface area (Å²) < 4.78 is 1.28. The van der Waals surface area contributed by atoms with E-state index in [9.17, 15) is 9.59 Å². The Bertz CT molecular complexity index is 567. The van der Waals surface area contributed by atoms with Crippen LogP contribution in [0.2, 0.25) is 0 Å². The highest BCUT2D eigenvalue weighted by Gasteiger charge is 2.00. The zero-order chi connectivity index (χ0) is 9.42. The molecule has 0 aromatic carbocycles. The van der Waals surface area contributed by atoms with Gasteiger partial charge in [0.05, 0.1) is 5.39 Å². The highest BCUT2D eigenvalue weighted by atomic mass is 16.1. The Labute approximate surface area is 72.7 Å². The maximum atomic E-state index is 11.3. The van der Waals surface area contributed by atoms with Crippen LogP contribution < -0.4 is 11.1 Å². The van der Waals surface area contributed by atoms with Crippen molar-refractivity contribution in [1.29, 1.82) is 0 Å². The molecule has 0 spiro atoms. The Morgan fingerprint density at radius 2 is 2.23 bits per heavy atom. The van der Waals surface area contributed by atoms with Crippen LogP contribution in [0.25, 0.3) is 11.0 Å². The average molecular weight is 177 g/mol. The summed E-state index contributed by atoms with van der Waals surface area (Å²) in [4.78, 5) is 28.8. The van der Waals surface area contributed by atoms with E-state index in [1.54, 1.807) is 7.05 Å². The predicted octanol–water partition coefficient (Wildman–Crippen LogP) is -0.378. The number of aromatic nitrogens is 3. The average Bonchev–Trinajstić information content (AvgIpc) is 2.09. The van der Waals surface area contributed by atoms with Crippen molar-refractivity contribution < 1.29 is 0 Å². The van der Waals surface area contributed by atoms with Gasteiger partial charge in [-0.25, -0.2) is 4.79 Å². The quantitative estimate of drug-likeness (QED) is 0.596. The molecule has 1 N–H and O–H groups in total. The Balaban J connectivity index is 3.06. The van der Waals surface area contributed by atoms with Crippen LogP contribution >= 0.6 is 0 Å². The first-order valence-electron chi connectivity index (χ1n) is 3.73. The zero-order valence-electron chi connectivity index (χ0n) is 6.94. The molecule has 0 saturated heterocycles. The van der Waals surface area contributed by atoms with E-state index in [1.165, 1.54) is 23.0 Å². The molecule has 0 saturated carbocycles. The van der Waals surface area contributed by atoms with Gasteiger partial charge in [-0.1, -0.05) is 0 Å². The lowest BCUT2D eigenvalue weighted by molar-refractivity contribution is 0.823. The second-order valence-corrected chi connectivity index (χ2v) is 2.74. The number of nitrogens with one attached hydrogen (secondary N) is 1. The zero-order valence-corrected chi connectivity index (χ0v) is 6.94. The minimum atomic E-state index is -0.380. The van der Waals surface area contributed by atoms with Crippen LogP contribution in [-0.4, -0.2) is 14.5 Å². The van der Waals surface area contributed by atoms with Crippen LogP contribution in [0, 0.1) is 0 Å². The molecule has 0 atom stereocenters. The topological polar surface area (TPSA) is 67.8 Å². The summed E-state index contributed by atoms with van der Waals surface area (Å²) in [5.74, 6) is 0. The van der Waals surface area contributed by atoms with Crippen LogP contribution in [0.4, 0.5) is 0 Å². The first kappa shape index (κ1) is 7.72. The van der Waals surface area contributed by atoms with Gasteiger partial charge < -0.3 is 9.55 Å². The minimum Gasteiger partial charge on any atom is -0.346 e. The van der Waals surface area contributed by atoms with Crippen LogP contribution in [0.3, 0.4) is 0 Å². The lowest BCUT2D eigenvalue weighted by Gasteiger charge is -1.97. The van der Waals surface area contributed by atoms with Gasteiger partial charge in [0.15, 0.2) is 5.43 Å². The van der Waals surface area contributed by atoms with Crippen molar-refractivity contribution in [3.05, 3.63) is 39.2 Å². The third kappa shape index (κ3) is 1.14. The Morgan fingerprint density at radius 1 is 1.46 bits per heavy atom. The van der Waals surface area contributed by atoms with E-state index in [1.807, 2.05) is 0 Å². The summed E-state index contributed by atoms with van der Waals surface area (Å²) in [6.45, 7) is 0. The Kier molecular flexibility index (Phi) is 1.51. The molecule has 66 valence electrons. The molecule has 5 nitrogen and oxygen atoms in total. The highest BCUT2D eigenvalue weighted by Crippen LogP contribution is 1.96. The number of aryl methyl sites for hydroxylation is 1. The summed E-state index contributed by atoms with van der Waals surface area (Å²) in [5.41, 5.74) is -0.193. The molecule has 13 heavy (non-hydrogen) atoms. The van der Waals surface area contributed by atoms with Crippen molar-refractivity contribution in [3.8, 4) is 0 Å². The fourth-order valence-corrected chi connectivity index (χ4v) is 1.12. The van der Waals surface area contributed by atoms with Crippen molar-refractivity contribution in [2.75, 3.05) is 0 Å². The molecule has 0 aliphatic heterocycles. The van der Waals surface area contributed by atoms with Crippen LogP contribution in [-0.2, 0) is 7.05 Å². The molecule has 5 heteroatoms. The van der Waals surface area contributed by atoms with E-state index < -0.39 is 0 Å². The van der Waals surface area contributed by atoms with Crippen molar-refractivity contribution in [2.45, 2.75) is 0 Å². The maximum Gasteiger partial charge on any atom is 0.349 e. The van der Waals surface area contributed by atoms with Gasteiger partial charge >= 0.3 is 5.69 Å². The van der Waals surface area contributed by atoms with Crippen LogP contribution in [0.1, 0.15) is 0 Å². The lowest BCUT2D eigenvalue weighted by atomic mass is 10.3. The summed E-state index contributed by atoms with van der Waals surface area (Å²) in [6.07, 6.45) is 2.95. The molecule has 0 unspecified atom stereocenters. The fourth-order valence-electron chi connectivity index (χ4n) is 1.12. The van der Waals surface area contributed by atoms with E-state index in [0.717, 1.165) is 0 Å². The first-order valence-corrected chi connectivity index (χ1v) is 3.73. The summed E-state index contributed by atoms with van der Waals surface area (Å²) in [7, 11) is 1.56. The van der Waals surface area contributed by atoms with E-state index in [4.69, 9.17) is 0 Å². The Morgan fingerprint density at radius 3 is 3.00 bits per heavy atom. The minimum absolute atomic E-state index is 0.142. The number of hydrogen-bond acceptors (Lipinski definition) is 3. The lowest BCUT2D eigenvalue weighted by Crippen LogP contribution is -2.21. The van der Waals surface area contributed by atoms with Gasteiger partial charge in [0.1, 0.15) is 5.65 Å². The molecular weight excluding hydrogens is 170 g/mol. The number of fused-ring (bicyclic) bond motifs is 1. The Hall–Kier alpha value is -1.91. The van der Waals surface area contributed by atoms with E-state index in [-0.39, 0.29) is 11.1 Å². The van der Waals surface area contributed by atoms with Gasteiger partial charge in [0, 0.05) is 25.5 Å². The summed E-state index contributed by atoms with van der Waals surface area (Å²) in [5, 5.41) is 0.421. The molecule has 0 radical (unpaired) electrons. The number of pyridine rings is 1. The van der Waals surface area contributed by atoms with Gasteiger partial charge in [-0.3, -0.25) is 4.79 Å². The van der Waals surface area contributed by atoms with E-state index in [0.29, 0.717) is 11.0 Å². The number of rotatable bonds is 0. The smallest absolute Gasteiger partial charge is 0.346 e. The number of hydrogen-bond donors (Lipinski definition) is 1. The summed E-state index contributed by atoms with van der Waals surface area (Å²) >= 11 is 0. The fraction of sp³-hybridized carbons (Fsp3) is 0.125. The third-order valence-corrected chi connectivity index (χ3v) is 1.81. The van der Waals surface area contributed by atoms with Crippen molar-refractivity contribution in [2.24, 2.45) is 7.05 Å². The number of nitrogens with zero attached hydrogens (tertiary/aromatic N) is 2. The predicted molar refractivity (Wildman–Crippen MR) is 47.6 cm³/mol. The van der Waals surface area contributed by atoms with Crippen molar-refractivity contribution >= 4 is 11.0 Å². The molecular formula is C8H7N3O2. The van der Waals surface area contributed by atoms with Gasteiger partial charge in [-0.15, -0.1) is 0 Å². The van der Waals surface area contributed by atoms with E-state index in [2.05, 4.69) is 9.97 Å². The third-order valence-electron chi connectivity index (χ3n) is 1.81. The molecule has 2 heterocycles. The first-order chi connectivity index (χ1) is 6.18. The largest absolute Gasteiger partial charge is 0.349 e. The maximum absolute atomic E-state index is 11.3. The number of H-pyrrole nitrogens is 1. The summed E-state index contributed by atoms with van der Waals surface area (Å²) in [6, 6.07) is 1.40. The molecule has 2 aromatic heterocycles. The molecule has 0 aliphatic rings. The van der Waals surface area contributed by atoms with Crippen LogP contribution in [0.5, 0.6) is 0 Å². The van der Waals surface area contributed by atoms with Gasteiger partial charge in [0.2, 0.25) is 0 Å². The van der Waals surface area contributed by atoms with E-state index >= 15 is 0 Å². The molecule has 2 aromatic rings. The highest BCUT2D eigenvalue weighted by molar-refractivity contribution is 5.72. The molecule has 0 amide bonds. The molecule has 0 bridgehead atoms. The molecule has 2 rings (SSSR count). The van der Waals surface area contributed by atoms with Crippen molar-refractivity contribution in [3.63, 3.8) is 0 Å². The van der Waals surface area contributed by atoms with Crippen LogP contribution in [0.15, 0.2) is 28.0 Å². The normalized spacial score (nSPS) is 10.5. The molecule has 0 fully saturated rings. The standard InChI is InChI=1S/C8H7N3O2/c1-11-4-5-6(12)2-3-9-7(5)10-8(11)13/h2-4H,1H3,(H,9,10,13). The van der Waals surface area contributed by atoms with Gasteiger partial charge in [0.25, 0.3) is 0 Å².